The van der Waals surface area contributed by atoms with Crippen LogP contribution in [0.1, 0.15) is 38.3 Å². The molecule has 1 aliphatic rings. The van der Waals surface area contributed by atoms with Crippen molar-refractivity contribution < 1.29 is 4.74 Å². The zero-order chi connectivity index (χ0) is 19.7. The molecule has 0 unspecified atom stereocenters. The molecule has 1 fully saturated rings. The summed E-state index contributed by atoms with van der Waals surface area (Å²) in [6.45, 7) is 7.76. The number of benzene rings is 1. The van der Waals surface area contributed by atoms with Crippen molar-refractivity contribution in [3.05, 3.63) is 52.4 Å². The van der Waals surface area contributed by atoms with Gasteiger partial charge in [0.05, 0.1) is 18.4 Å². The summed E-state index contributed by atoms with van der Waals surface area (Å²) in [6.07, 6.45) is 2.07. The monoisotopic (exact) mass is 380 g/mol. The van der Waals surface area contributed by atoms with E-state index in [1.165, 1.54) is 0 Å². The molecule has 0 aliphatic carbocycles. The van der Waals surface area contributed by atoms with Gasteiger partial charge in [-0.1, -0.05) is 44.2 Å². The molecule has 0 bridgehead atoms. The van der Waals surface area contributed by atoms with Crippen LogP contribution in [0.15, 0.2) is 41.2 Å². The van der Waals surface area contributed by atoms with E-state index in [-0.39, 0.29) is 5.56 Å². The third-order valence-corrected chi connectivity index (χ3v) is 5.50. The second-order valence-electron chi connectivity index (χ2n) is 8.04. The number of aromatic nitrogens is 3. The maximum absolute atomic E-state index is 12.5. The summed E-state index contributed by atoms with van der Waals surface area (Å²) in [5, 5.41) is 4.70. The third kappa shape index (κ3) is 3.56. The van der Waals surface area contributed by atoms with Crippen LogP contribution in [-0.4, -0.2) is 46.2 Å². The average Bonchev–Trinajstić information content (AvgIpc) is 3.06. The molecular formula is C22H28N4O2. The third-order valence-electron chi connectivity index (χ3n) is 5.50. The summed E-state index contributed by atoms with van der Waals surface area (Å²) in [7, 11) is 1.62. The van der Waals surface area contributed by atoms with Gasteiger partial charge in [-0.05, 0) is 37.4 Å². The number of piperidine rings is 1. The van der Waals surface area contributed by atoms with Crippen molar-refractivity contribution in [1.82, 2.24) is 19.5 Å². The first-order valence-corrected chi connectivity index (χ1v) is 10.0. The number of nitrogens with zero attached hydrogens (tertiary/aromatic N) is 3. The predicted octanol–water partition coefficient (Wildman–Crippen LogP) is 3.53. The Labute approximate surface area is 165 Å². The van der Waals surface area contributed by atoms with Gasteiger partial charge in [0.25, 0.3) is 5.56 Å². The molecular weight excluding hydrogens is 352 g/mol. The summed E-state index contributed by atoms with van der Waals surface area (Å²) < 4.78 is 7.45. The molecule has 3 heterocycles. The van der Waals surface area contributed by atoms with Gasteiger partial charge in [0.1, 0.15) is 5.65 Å². The largest absolute Gasteiger partial charge is 0.479 e. The number of hydrogen-bond donors (Lipinski definition) is 1. The predicted molar refractivity (Wildman–Crippen MR) is 111 cm³/mol. The van der Waals surface area contributed by atoms with E-state index in [0.29, 0.717) is 23.4 Å². The smallest absolute Gasteiger partial charge is 0.251 e. The van der Waals surface area contributed by atoms with E-state index in [9.17, 15) is 4.79 Å². The van der Waals surface area contributed by atoms with Crippen LogP contribution >= 0.6 is 0 Å². The van der Waals surface area contributed by atoms with Gasteiger partial charge < -0.3 is 14.6 Å². The van der Waals surface area contributed by atoms with Gasteiger partial charge in [0.15, 0.2) is 0 Å². The maximum Gasteiger partial charge on any atom is 0.251 e. The van der Waals surface area contributed by atoms with Crippen LogP contribution in [0.3, 0.4) is 0 Å². The van der Waals surface area contributed by atoms with Crippen molar-refractivity contribution in [3.63, 3.8) is 0 Å². The molecule has 1 aromatic carbocycles. The normalized spacial score (nSPS) is 16.1. The van der Waals surface area contributed by atoms with E-state index in [2.05, 4.69) is 23.7 Å². The number of methoxy groups -OCH3 is 1. The minimum atomic E-state index is -0.0909. The van der Waals surface area contributed by atoms with Gasteiger partial charge in [-0.2, -0.15) is 0 Å². The molecule has 0 spiro atoms. The molecule has 6 nitrogen and oxygen atoms in total. The van der Waals surface area contributed by atoms with Crippen molar-refractivity contribution >= 4 is 5.65 Å². The van der Waals surface area contributed by atoms with Crippen LogP contribution in [0, 0.1) is 5.92 Å². The lowest BCUT2D eigenvalue weighted by Gasteiger charge is -2.33. The molecule has 3 aromatic rings. The fraction of sp³-hybridized carbons (Fsp3) is 0.455. The maximum atomic E-state index is 12.5. The Kier molecular flexibility index (Phi) is 5.22. The minimum absolute atomic E-state index is 0.0909. The summed E-state index contributed by atoms with van der Waals surface area (Å²) >= 11 is 0. The number of aromatic amines is 1. The SMILES string of the molecule is COc1nn2c(C3CCN(CC(C)C)CC3)cc(=O)[nH]c2c1-c1ccccc1. The number of rotatable bonds is 5. The van der Waals surface area contributed by atoms with Gasteiger partial charge in [0, 0.05) is 18.5 Å². The Balaban J connectivity index is 1.75. The lowest BCUT2D eigenvalue weighted by atomic mass is 9.92. The molecule has 0 amide bonds. The van der Waals surface area contributed by atoms with Crippen LogP contribution in [0.4, 0.5) is 0 Å². The molecule has 0 radical (unpaired) electrons. The summed E-state index contributed by atoms with van der Waals surface area (Å²) in [5.74, 6) is 1.53. The van der Waals surface area contributed by atoms with Gasteiger partial charge in [0.2, 0.25) is 5.88 Å². The first-order valence-electron chi connectivity index (χ1n) is 10.0. The van der Waals surface area contributed by atoms with Crippen LogP contribution < -0.4 is 10.3 Å². The van der Waals surface area contributed by atoms with E-state index in [0.717, 1.165) is 49.3 Å². The molecule has 28 heavy (non-hydrogen) atoms. The standard InChI is InChI=1S/C22H28N4O2/c1-15(2)14-25-11-9-16(10-12-25)18-13-19(27)23-21-20(17-7-5-4-6-8-17)22(28-3)24-26(18)21/h4-8,13,15-16H,9-12,14H2,1-3H3,(H,23,27). The van der Waals surface area contributed by atoms with Gasteiger partial charge >= 0.3 is 0 Å². The van der Waals surface area contributed by atoms with E-state index in [1.54, 1.807) is 13.2 Å². The second kappa shape index (κ2) is 7.80. The molecule has 6 heteroatoms. The van der Waals surface area contributed by atoms with Crippen LogP contribution in [0.2, 0.25) is 0 Å². The Morgan fingerprint density at radius 3 is 2.57 bits per heavy atom. The highest BCUT2D eigenvalue weighted by Crippen LogP contribution is 2.35. The lowest BCUT2D eigenvalue weighted by Crippen LogP contribution is -2.36. The van der Waals surface area contributed by atoms with Crippen LogP contribution in [0.25, 0.3) is 16.8 Å². The van der Waals surface area contributed by atoms with E-state index < -0.39 is 0 Å². The van der Waals surface area contributed by atoms with Crippen molar-refractivity contribution in [2.24, 2.45) is 5.92 Å². The number of H-pyrrole nitrogens is 1. The Bertz CT molecular complexity index is 999. The lowest BCUT2D eigenvalue weighted by molar-refractivity contribution is 0.190. The minimum Gasteiger partial charge on any atom is -0.479 e. The molecule has 1 aliphatic heterocycles. The number of ether oxygens (including phenoxy) is 1. The molecule has 148 valence electrons. The summed E-state index contributed by atoms with van der Waals surface area (Å²) in [6, 6.07) is 11.6. The van der Waals surface area contributed by atoms with Crippen molar-refractivity contribution in [3.8, 4) is 17.0 Å². The van der Waals surface area contributed by atoms with E-state index >= 15 is 0 Å². The highest BCUT2D eigenvalue weighted by Gasteiger charge is 2.26. The topological polar surface area (TPSA) is 62.6 Å². The summed E-state index contributed by atoms with van der Waals surface area (Å²) in [4.78, 5) is 18.0. The summed E-state index contributed by atoms with van der Waals surface area (Å²) in [5.41, 5.74) is 3.40. The fourth-order valence-corrected chi connectivity index (χ4v) is 4.27. The molecule has 0 saturated carbocycles. The van der Waals surface area contributed by atoms with Gasteiger partial charge in [-0.25, -0.2) is 4.52 Å². The average molecular weight is 380 g/mol. The highest BCUT2D eigenvalue weighted by atomic mass is 16.5. The van der Waals surface area contributed by atoms with Crippen LogP contribution in [-0.2, 0) is 0 Å². The first-order chi connectivity index (χ1) is 13.6. The Hall–Kier alpha value is -2.60. The number of nitrogens with one attached hydrogen (secondary N) is 1. The number of fused-ring (bicyclic) bond motifs is 1. The van der Waals surface area contributed by atoms with Gasteiger partial charge in [-0.15, -0.1) is 5.10 Å². The van der Waals surface area contributed by atoms with Crippen molar-refractivity contribution in [2.75, 3.05) is 26.7 Å². The highest BCUT2D eigenvalue weighted by molar-refractivity contribution is 5.82. The van der Waals surface area contributed by atoms with Crippen LogP contribution in [0.5, 0.6) is 5.88 Å². The molecule has 0 atom stereocenters. The molecule has 1 saturated heterocycles. The second-order valence-corrected chi connectivity index (χ2v) is 8.04. The zero-order valence-corrected chi connectivity index (χ0v) is 16.8. The Morgan fingerprint density at radius 2 is 1.93 bits per heavy atom. The van der Waals surface area contributed by atoms with Crippen molar-refractivity contribution in [2.45, 2.75) is 32.6 Å². The van der Waals surface area contributed by atoms with E-state index in [4.69, 9.17) is 9.84 Å². The van der Waals surface area contributed by atoms with Gasteiger partial charge in [-0.3, -0.25) is 4.79 Å². The molecule has 2 aromatic heterocycles. The Morgan fingerprint density at radius 1 is 1.21 bits per heavy atom. The zero-order valence-electron chi connectivity index (χ0n) is 16.8. The molecule has 1 N–H and O–H groups in total. The molecule has 4 rings (SSSR count). The number of hydrogen-bond acceptors (Lipinski definition) is 4. The quantitative estimate of drug-likeness (QED) is 0.735. The number of likely N-dealkylation sites (tertiary alicyclic amines) is 1. The van der Waals surface area contributed by atoms with E-state index in [1.807, 2.05) is 34.8 Å². The first kappa shape index (κ1) is 18.7. The van der Waals surface area contributed by atoms with Crippen molar-refractivity contribution in [1.29, 1.82) is 0 Å². The fourth-order valence-electron chi connectivity index (χ4n) is 4.27.